The molecule has 0 aliphatic heterocycles. The Morgan fingerprint density at radius 1 is 0.172 bits per heavy atom. The third-order valence-electron chi connectivity index (χ3n) is 7.93. The summed E-state index contributed by atoms with van der Waals surface area (Å²) in [7, 11) is 0. The molecule has 0 rings (SSSR count). The van der Waals surface area contributed by atoms with Crippen molar-refractivity contribution in [3.05, 3.63) is 0 Å². The SMILES string of the molecule is FC(F)(F)C(F)(F)C(F)(F)C(F)(F)C(F)(F)C(F)(F)C(F)(F)C(F)(F)C(F)(F)C(F)(F)C(F)(F)C(F)(F)C(F)(F)C(F)(F)C(F)(F)C(F)(F)C(F)(F)C(F)(F)C(F)(F)C(F)(F)CCI. The van der Waals surface area contributed by atoms with Crippen molar-refractivity contribution < 1.29 is 180 Å². The minimum atomic E-state index is -10.6. The Morgan fingerprint density at radius 3 is 0.391 bits per heavy atom. The summed E-state index contributed by atoms with van der Waals surface area (Å²) in [5.41, 5.74) is 0. The van der Waals surface area contributed by atoms with Crippen LogP contribution in [0.2, 0.25) is 0 Å². The predicted octanol–water partition coefficient (Wildman–Crippen LogP) is 14.4. The van der Waals surface area contributed by atoms with Gasteiger partial charge in [0.1, 0.15) is 0 Å². The Hall–Kier alpha value is -2.14. The molecule has 0 aliphatic rings. The Labute approximate surface area is 332 Å². The second-order valence-electron chi connectivity index (χ2n) is 12.0. The number of rotatable bonds is 20. The highest BCUT2D eigenvalue weighted by atomic mass is 127. The van der Waals surface area contributed by atoms with Crippen molar-refractivity contribution in [2.75, 3.05) is 4.43 Å². The molecule has 0 saturated carbocycles. The van der Waals surface area contributed by atoms with Gasteiger partial charge in [0.25, 0.3) is 0 Å². The lowest BCUT2D eigenvalue weighted by molar-refractivity contribution is -0.495. The maximum atomic E-state index is 14.0. The van der Waals surface area contributed by atoms with E-state index in [0.29, 0.717) is 22.6 Å². The van der Waals surface area contributed by atoms with Crippen molar-refractivity contribution in [1.29, 1.82) is 0 Å². The minimum absolute atomic E-state index is 0.421. The van der Waals surface area contributed by atoms with E-state index >= 15 is 0 Å². The molecule has 0 heterocycles. The number of hydrogen-bond acceptors (Lipinski definition) is 0. The molecule has 0 N–H and O–H groups in total. The molecule has 0 fully saturated rings. The summed E-state index contributed by atoms with van der Waals surface area (Å²) in [5.74, 6) is -188. The van der Waals surface area contributed by atoms with Crippen molar-refractivity contribution >= 4 is 22.6 Å². The van der Waals surface area contributed by atoms with Crippen LogP contribution in [0.15, 0.2) is 0 Å². The van der Waals surface area contributed by atoms with Gasteiger partial charge in [-0.1, -0.05) is 22.6 Å². The molecule has 0 unspecified atom stereocenters. The van der Waals surface area contributed by atoms with Crippen LogP contribution in [0.5, 0.6) is 0 Å². The van der Waals surface area contributed by atoms with Gasteiger partial charge in [-0.25, -0.2) is 0 Å². The van der Waals surface area contributed by atoms with Crippen molar-refractivity contribution in [3.8, 4) is 0 Å². The second kappa shape index (κ2) is 15.2. The second-order valence-corrected chi connectivity index (χ2v) is 13.1. The van der Waals surface area contributed by atoms with Crippen LogP contribution in [0, 0.1) is 0 Å². The largest absolute Gasteiger partial charge is 0.460 e. The molecule has 0 aromatic rings. The summed E-state index contributed by atoms with van der Waals surface area (Å²) < 4.78 is 557. The Bertz CT molecular complexity index is 1670. The summed E-state index contributed by atoms with van der Waals surface area (Å²) >= 11 is 0.421. The van der Waals surface area contributed by atoms with E-state index in [1.54, 1.807) is 0 Å². The molecular weight excluding hydrogens is 1170 g/mol. The van der Waals surface area contributed by atoms with Crippen molar-refractivity contribution in [2.45, 2.75) is 125 Å². The van der Waals surface area contributed by atoms with Gasteiger partial charge in [-0.05, 0) is 0 Å². The molecule has 386 valence electrons. The lowest BCUT2D eigenvalue weighted by Gasteiger charge is -2.47. The van der Waals surface area contributed by atoms with Gasteiger partial charge < -0.3 is 0 Å². The summed E-state index contributed by atoms with van der Waals surface area (Å²) in [6.45, 7) is 0. The highest BCUT2D eigenvalue weighted by Crippen LogP contribution is 2.71. The molecule has 0 saturated heterocycles. The fourth-order valence-corrected chi connectivity index (χ4v) is 4.52. The maximum Gasteiger partial charge on any atom is 0.460 e. The van der Waals surface area contributed by atoms with Gasteiger partial charge in [0, 0.05) is 10.8 Å². The molecule has 0 aliphatic carbocycles. The van der Waals surface area contributed by atoms with Gasteiger partial charge in [-0.2, -0.15) is 180 Å². The predicted molar refractivity (Wildman–Crippen MR) is 124 cm³/mol. The first-order valence-electron chi connectivity index (χ1n) is 13.6. The van der Waals surface area contributed by atoms with Crippen molar-refractivity contribution in [1.82, 2.24) is 0 Å². The zero-order chi connectivity index (χ0) is 53.4. The third-order valence-corrected chi connectivity index (χ3v) is 8.47. The Balaban J connectivity index is 7.98. The standard InChI is InChI=1S/C22H4F41I/c23-3(24,1-2-64)4(25,26)5(27,28)6(29,30)7(31,32)8(33,34)9(35,36)10(37,38)11(39,40)12(41,42)13(43,44)14(45,46)15(47,48)16(49,50)17(51,52)18(53,54)19(55,56)20(57,58)21(59,60)22(61,62)63/h1-2H2. The Morgan fingerprint density at radius 2 is 0.281 bits per heavy atom. The fraction of sp³-hybridized carbons (Fsp3) is 1.00. The van der Waals surface area contributed by atoms with Crippen LogP contribution in [0.4, 0.5) is 180 Å². The summed E-state index contributed by atoms with van der Waals surface area (Å²) in [5, 5.41) is 0. The molecular formula is C22H4F41I. The normalized spacial score (nSPS) is 17.3. The molecule has 42 heteroatoms. The average Bonchev–Trinajstić information content (AvgIpc) is 3.05. The number of halogens is 42. The molecule has 0 aromatic heterocycles. The highest BCUT2D eigenvalue weighted by molar-refractivity contribution is 14.1. The van der Waals surface area contributed by atoms with E-state index < -0.39 is 130 Å². The molecule has 0 amide bonds. The van der Waals surface area contributed by atoms with E-state index in [4.69, 9.17) is 0 Å². The van der Waals surface area contributed by atoms with Crippen molar-refractivity contribution in [2.24, 2.45) is 0 Å². The quantitative estimate of drug-likeness (QED) is 0.0647. The monoisotopic (exact) mass is 1170 g/mol. The highest BCUT2D eigenvalue weighted by Gasteiger charge is 3.03. The maximum absolute atomic E-state index is 14.0. The van der Waals surface area contributed by atoms with Crippen LogP contribution in [0.3, 0.4) is 0 Å². The van der Waals surface area contributed by atoms with Crippen LogP contribution in [-0.2, 0) is 0 Å². The lowest BCUT2D eigenvalue weighted by Crippen LogP contribution is -2.80. The molecule has 0 nitrogen and oxygen atoms in total. The Kier molecular flexibility index (Phi) is 14.7. The first-order chi connectivity index (χ1) is 26.8. The molecule has 0 bridgehead atoms. The smallest absolute Gasteiger partial charge is 0.200 e. The first kappa shape index (κ1) is 61.9. The van der Waals surface area contributed by atoms with E-state index in [9.17, 15) is 180 Å². The molecule has 0 spiro atoms. The molecule has 0 radical (unpaired) electrons. The van der Waals surface area contributed by atoms with E-state index in [1.807, 2.05) is 0 Å². The van der Waals surface area contributed by atoms with Crippen LogP contribution >= 0.6 is 22.6 Å². The zero-order valence-electron chi connectivity index (χ0n) is 27.3. The average molecular weight is 1170 g/mol. The van der Waals surface area contributed by atoms with E-state index in [1.165, 1.54) is 0 Å². The number of hydrogen-bond donors (Lipinski definition) is 0. The van der Waals surface area contributed by atoms with Gasteiger partial charge in [-0.15, -0.1) is 0 Å². The minimum Gasteiger partial charge on any atom is -0.200 e. The van der Waals surface area contributed by atoms with Gasteiger partial charge in [-0.3, -0.25) is 0 Å². The van der Waals surface area contributed by atoms with Gasteiger partial charge >= 0.3 is 119 Å². The van der Waals surface area contributed by atoms with Crippen molar-refractivity contribution in [3.63, 3.8) is 0 Å². The molecule has 64 heavy (non-hydrogen) atoms. The summed E-state index contributed by atoms with van der Waals surface area (Å²) in [6, 6.07) is 0. The molecule has 0 aromatic carbocycles. The van der Waals surface area contributed by atoms with Gasteiger partial charge in [0.15, 0.2) is 0 Å². The lowest BCUT2D eigenvalue weighted by atomic mass is 9.81. The van der Waals surface area contributed by atoms with Crippen LogP contribution < -0.4 is 0 Å². The zero-order valence-corrected chi connectivity index (χ0v) is 29.4. The van der Waals surface area contributed by atoms with Crippen LogP contribution in [0.1, 0.15) is 6.42 Å². The first-order valence-corrected chi connectivity index (χ1v) is 15.1. The topological polar surface area (TPSA) is 0 Å². The van der Waals surface area contributed by atoms with E-state index in [-0.39, 0.29) is 0 Å². The summed E-state index contributed by atoms with van der Waals surface area (Å²) in [6.07, 6.45) is -11.5. The van der Waals surface area contributed by atoms with E-state index in [0.717, 1.165) is 0 Å². The van der Waals surface area contributed by atoms with Crippen LogP contribution in [0.25, 0.3) is 0 Å². The number of alkyl halides is 42. The summed E-state index contributed by atoms with van der Waals surface area (Å²) in [4.78, 5) is 0. The van der Waals surface area contributed by atoms with E-state index in [2.05, 4.69) is 0 Å². The third kappa shape index (κ3) is 6.94. The van der Waals surface area contributed by atoms with Crippen LogP contribution in [-0.4, -0.2) is 123 Å². The molecule has 0 atom stereocenters. The van der Waals surface area contributed by atoms with Gasteiger partial charge in [0.05, 0.1) is 0 Å². The van der Waals surface area contributed by atoms with Gasteiger partial charge in [0.2, 0.25) is 0 Å². The fourth-order valence-electron chi connectivity index (χ4n) is 3.84.